The van der Waals surface area contributed by atoms with Crippen LogP contribution in [0.5, 0.6) is 0 Å². The number of likely N-dealkylation sites (tertiary alicyclic amines) is 1. The molecule has 1 N–H and O–H groups in total. The Morgan fingerprint density at radius 1 is 1.57 bits per heavy atom. The van der Waals surface area contributed by atoms with Crippen molar-refractivity contribution in [2.45, 2.75) is 18.9 Å². The minimum atomic E-state index is 0.121. The first-order chi connectivity index (χ1) is 6.63. The predicted molar refractivity (Wildman–Crippen MR) is 57.2 cm³/mol. The molecule has 1 atom stereocenters. The number of carbonyl (C=O) groups is 1. The molecule has 1 aliphatic heterocycles. The Bertz CT molecular complexity index is 194. The molecular formula is C10H21N3O. The Morgan fingerprint density at radius 2 is 2.29 bits per heavy atom. The number of nitrogens with zero attached hydrogens (tertiary/aromatic N) is 2. The topological polar surface area (TPSA) is 35.6 Å². The molecule has 4 heteroatoms. The number of carbonyl (C=O) groups excluding carboxylic acids is 1. The number of amides is 1. The molecule has 1 aliphatic rings. The number of hydrogen-bond acceptors (Lipinski definition) is 3. The fourth-order valence-electron chi connectivity index (χ4n) is 2.00. The van der Waals surface area contributed by atoms with E-state index in [2.05, 4.69) is 29.2 Å². The van der Waals surface area contributed by atoms with Crippen LogP contribution in [0.3, 0.4) is 0 Å². The predicted octanol–water partition coefficient (Wildman–Crippen LogP) is -0.242. The molecule has 1 rings (SSSR count). The molecule has 82 valence electrons. The van der Waals surface area contributed by atoms with Gasteiger partial charge in [-0.15, -0.1) is 0 Å². The van der Waals surface area contributed by atoms with E-state index in [0.717, 1.165) is 13.1 Å². The SMILES string of the molecule is CNC(=O)CN1CCCC1CN(C)C. The quantitative estimate of drug-likeness (QED) is 0.678. The van der Waals surface area contributed by atoms with Crippen LogP contribution in [0, 0.1) is 0 Å². The van der Waals surface area contributed by atoms with E-state index in [-0.39, 0.29) is 5.91 Å². The fraction of sp³-hybridized carbons (Fsp3) is 0.900. The van der Waals surface area contributed by atoms with E-state index in [9.17, 15) is 4.79 Å². The molecule has 1 heterocycles. The number of rotatable bonds is 4. The second-order valence-electron chi connectivity index (χ2n) is 4.20. The summed E-state index contributed by atoms with van der Waals surface area (Å²) in [5, 5.41) is 2.67. The van der Waals surface area contributed by atoms with Gasteiger partial charge in [-0.2, -0.15) is 0 Å². The molecule has 0 aromatic carbocycles. The van der Waals surface area contributed by atoms with Crippen LogP contribution < -0.4 is 5.32 Å². The molecule has 0 aromatic heterocycles. The third kappa shape index (κ3) is 3.27. The van der Waals surface area contributed by atoms with Gasteiger partial charge >= 0.3 is 0 Å². The second kappa shape index (κ2) is 5.32. The lowest BCUT2D eigenvalue weighted by Gasteiger charge is -2.26. The smallest absolute Gasteiger partial charge is 0.233 e. The van der Waals surface area contributed by atoms with Crippen molar-refractivity contribution in [2.75, 3.05) is 40.8 Å². The van der Waals surface area contributed by atoms with E-state index in [0.29, 0.717) is 12.6 Å². The zero-order valence-electron chi connectivity index (χ0n) is 9.42. The molecule has 1 amide bonds. The number of likely N-dealkylation sites (N-methyl/N-ethyl adjacent to an activating group) is 2. The zero-order chi connectivity index (χ0) is 10.6. The second-order valence-corrected chi connectivity index (χ2v) is 4.20. The lowest BCUT2D eigenvalue weighted by molar-refractivity contribution is -0.122. The van der Waals surface area contributed by atoms with Gasteiger partial charge in [0.25, 0.3) is 0 Å². The van der Waals surface area contributed by atoms with Crippen molar-refractivity contribution in [3.63, 3.8) is 0 Å². The molecule has 0 aliphatic carbocycles. The molecule has 1 saturated heterocycles. The van der Waals surface area contributed by atoms with E-state index in [1.807, 2.05) is 0 Å². The Hall–Kier alpha value is -0.610. The van der Waals surface area contributed by atoms with Crippen molar-refractivity contribution in [1.29, 1.82) is 0 Å². The molecule has 1 unspecified atom stereocenters. The summed E-state index contributed by atoms with van der Waals surface area (Å²) in [6, 6.07) is 0.558. The molecule has 4 nitrogen and oxygen atoms in total. The molecular weight excluding hydrogens is 178 g/mol. The molecule has 0 aromatic rings. The van der Waals surface area contributed by atoms with Crippen LogP contribution in [0.15, 0.2) is 0 Å². The Labute approximate surface area is 86.2 Å². The minimum absolute atomic E-state index is 0.121. The first-order valence-corrected chi connectivity index (χ1v) is 5.23. The summed E-state index contributed by atoms with van der Waals surface area (Å²) in [7, 11) is 5.85. The van der Waals surface area contributed by atoms with Crippen LogP contribution in [0.4, 0.5) is 0 Å². The van der Waals surface area contributed by atoms with Gasteiger partial charge in [0, 0.05) is 19.6 Å². The summed E-state index contributed by atoms with van der Waals surface area (Å²) < 4.78 is 0. The Kier molecular flexibility index (Phi) is 4.35. The normalized spacial score (nSPS) is 23.0. The molecule has 1 fully saturated rings. The van der Waals surface area contributed by atoms with Gasteiger partial charge in [0.1, 0.15) is 0 Å². The fourth-order valence-corrected chi connectivity index (χ4v) is 2.00. The van der Waals surface area contributed by atoms with Crippen molar-refractivity contribution < 1.29 is 4.79 Å². The van der Waals surface area contributed by atoms with Gasteiger partial charge in [-0.25, -0.2) is 0 Å². The van der Waals surface area contributed by atoms with Crippen LogP contribution in [0.1, 0.15) is 12.8 Å². The van der Waals surface area contributed by atoms with Crippen LogP contribution in [-0.2, 0) is 4.79 Å². The van der Waals surface area contributed by atoms with E-state index >= 15 is 0 Å². The Morgan fingerprint density at radius 3 is 2.86 bits per heavy atom. The lowest BCUT2D eigenvalue weighted by Crippen LogP contribution is -2.42. The van der Waals surface area contributed by atoms with Gasteiger partial charge in [-0.3, -0.25) is 9.69 Å². The lowest BCUT2D eigenvalue weighted by atomic mass is 10.2. The summed E-state index contributed by atoms with van der Waals surface area (Å²) in [4.78, 5) is 15.7. The monoisotopic (exact) mass is 199 g/mol. The van der Waals surface area contributed by atoms with E-state index in [1.165, 1.54) is 12.8 Å². The minimum Gasteiger partial charge on any atom is -0.358 e. The van der Waals surface area contributed by atoms with Crippen LogP contribution >= 0.6 is 0 Å². The summed E-state index contributed by atoms with van der Waals surface area (Å²) in [5.74, 6) is 0.121. The largest absolute Gasteiger partial charge is 0.358 e. The molecule has 0 saturated carbocycles. The molecule has 14 heavy (non-hydrogen) atoms. The van der Waals surface area contributed by atoms with Crippen LogP contribution in [0.2, 0.25) is 0 Å². The van der Waals surface area contributed by atoms with Gasteiger partial charge in [0.05, 0.1) is 6.54 Å². The zero-order valence-corrected chi connectivity index (χ0v) is 9.42. The van der Waals surface area contributed by atoms with Gasteiger partial charge < -0.3 is 10.2 Å². The maximum atomic E-state index is 11.2. The van der Waals surface area contributed by atoms with Crippen molar-refractivity contribution >= 4 is 5.91 Å². The summed E-state index contributed by atoms with van der Waals surface area (Å²) in [6.07, 6.45) is 2.44. The van der Waals surface area contributed by atoms with E-state index in [1.54, 1.807) is 7.05 Å². The first-order valence-electron chi connectivity index (χ1n) is 5.23. The van der Waals surface area contributed by atoms with Gasteiger partial charge in [0.2, 0.25) is 5.91 Å². The molecule has 0 bridgehead atoms. The number of hydrogen-bond donors (Lipinski definition) is 1. The van der Waals surface area contributed by atoms with Crippen molar-refractivity contribution in [1.82, 2.24) is 15.1 Å². The van der Waals surface area contributed by atoms with Gasteiger partial charge in [-0.05, 0) is 33.5 Å². The highest BCUT2D eigenvalue weighted by Crippen LogP contribution is 2.16. The summed E-state index contributed by atoms with van der Waals surface area (Å²) in [5.41, 5.74) is 0. The maximum absolute atomic E-state index is 11.2. The van der Waals surface area contributed by atoms with Crippen LogP contribution in [-0.4, -0.2) is 62.5 Å². The summed E-state index contributed by atoms with van der Waals surface area (Å²) in [6.45, 7) is 2.66. The molecule has 0 spiro atoms. The highest BCUT2D eigenvalue weighted by Gasteiger charge is 2.25. The van der Waals surface area contributed by atoms with E-state index in [4.69, 9.17) is 0 Å². The van der Waals surface area contributed by atoms with Crippen molar-refractivity contribution in [3.05, 3.63) is 0 Å². The highest BCUT2D eigenvalue weighted by atomic mass is 16.1. The third-order valence-corrected chi connectivity index (χ3v) is 2.70. The Balaban J connectivity index is 2.38. The van der Waals surface area contributed by atoms with E-state index < -0.39 is 0 Å². The van der Waals surface area contributed by atoms with Gasteiger partial charge in [-0.1, -0.05) is 0 Å². The highest BCUT2D eigenvalue weighted by molar-refractivity contribution is 5.77. The van der Waals surface area contributed by atoms with Crippen LogP contribution in [0.25, 0.3) is 0 Å². The standard InChI is InChI=1S/C10H21N3O/c1-11-10(14)8-13-6-4-5-9(13)7-12(2)3/h9H,4-8H2,1-3H3,(H,11,14). The third-order valence-electron chi connectivity index (χ3n) is 2.70. The number of nitrogens with one attached hydrogen (secondary N) is 1. The van der Waals surface area contributed by atoms with Crippen molar-refractivity contribution in [2.24, 2.45) is 0 Å². The van der Waals surface area contributed by atoms with Gasteiger partial charge in [0.15, 0.2) is 0 Å². The average Bonchev–Trinajstić information content (AvgIpc) is 2.52. The maximum Gasteiger partial charge on any atom is 0.233 e. The first kappa shape index (κ1) is 11.5. The summed E-state index contributed by atoms with van der Waals surface area (Å²) >= 11 is 0. The molecule has 0 radical (unpaired) electrons. The van der Waals surface area contributed by atoms with Crippen molar-refractivity contribution in [3.8, 4) is 0 Å². The average molecular weight is 199 g/mol.